The summed E-state index contributed by atoms with van der Waals surface area (Å²) >= 11 is 0. The van der Waals surface area contributed by atoms with Crippen LogP contribution in [-0.4, -0.2) is 42.0 Å². The fraction of sp³-hybridized carbons (Fsp3) is 0.565. The van der Waals surface area contributed by atoms with E-state index >= 15 is 0 Å². The third kappa shape index (κ3) is 4.70. The topological polar surface area (TPSA) is 94.6 Å². The highest BCUT2D eigenvalue weighted by atomic mass is 16.5. The van der Waals surface area contributed by atoms with Gasteiger partial charge in [0.1, 0.15) is 5.78 Å². The fourth-order valence-corrected chi connectivity index (χ4v) is 4.47. The Kier molecular flexibility index (Phi) is 6.75. The van der Waals surface area contributed by atoms with Gasteiger partial charge in [-0.2, -0.15) is 0 Å². The second-order valence-electron chi connectivity index (χ2n) is 8.70. The molecule has 29 heavy (non-hydrogen) atoms. The van der Waals surface area contributed by atoms with Gasteiger partial charge in [-0.15, -0.1) is 0 Å². The summed E-state index contributed by atoms with van der Waals surface area (Å²) in [6.45, 7) is 7.19. The Bertz CT molecular complexity index is 827. The number of carbonyl (C=O) groups is 2. The number of Topliss-reactive ketones (excluding diaryl/α,β-unsaturated/α-hetero) is 2. The Labute approximate surface area is 172 Å². The zero-order valence-electron chi connectivity index (χ0n) is 17.6. The predicted octanol–water partition coefficient (Wildman–Crippen LogP) is 3.22. The van der Waals surface area contributed by atoms with Gasteiger partial charge in [-0.05, 0) is 29.9 Å². The van der Waals surface area contributed by atoms with Crippen LogP contribution in [-0.2, 0) is 14.3 Å². The zero-order chi connectivity index (χ0) is 21.0. The predicted molar refractivity (Wildman–Crippen MR) is 113 cm³/mol. The van der Waals surface area contributed by atoms with Crippen LogP contribution in [0.4, 0.5) is 0 Å². The van der Waals surface area contributed by atoms with E-state index in [-0.39, 0.29) is 29.5 Å². The molecule has 0 bridgehead atoms. The average Bonchev–Trinajstić information content (AvgIpc) is 2.67. The first-order chi connectivity index (χ1) is 13.9. The fourth-order valence-electron chi connectivity index (χ4n) is 4.47. The summed E-state index contributed by atoms with van der Waals surface area (Å²) in [6, 6.07) is 3.80. The molecule has 1 fully saturated rings. The Morgan fingerprint density at radius 2 is 2.10 bits per heavy atom. The Hall–Kier alpha value is -2.18. The van der Waals surface area contributed by atoms with Crippen molar-refractivity contribution in [2.24, 2.45) is 22.1 Å². The summed E-state index contributed by atoms with van der Waals surface area (Å²) in [5, 5.41) is 0. The maximum Gasteiger partial charge on any atom is 0.161 e. The first kappa shape index (κ1) is 21.5. The van der Waals surface area contributed by atoms with Gasteiger partial charge in [-0.1, -0.05) is 26.8 Å². The number of allylic oxidation sites excluding steroid dienone is 1. The van der Waals surface area contributed by atoms with E-state index in [0.717, 1.165) is 24.1 Å². The van der Waals surface area contributed by atoms with Gasteiger partial charge < -0.3 is 10.5 Å². The van der Waals surface area contributed by atoms with Crippen molar-refractivity contribution in [2.75, 3.05) is 19.8 Å². The van der Waals surface area contributed by atoms with Crippen LogP contribution in [0.2, 0.25) is 0 Å². The molecule has 2 unspecified atom stereocenters. The van der Waals surface area contributed by atoms with E-state index < -0.39 is 5.92 Å². The molecule has 0 spiro atoms. The summed E-state index contributed by atoms with van der Waals surface area (Å²) in [7, 11) is 0. The lowest BCUT2D eigenvalue weighted by atomic mass is 9.63. The first-order valence-corrected chi connectivity index (χ1v) is 10.4. The van der Waals surface area contributed by atoms with Crippen molar-refractivity contribution in [3.63, 3.8) is 0 Å². The molecule has 0 saturated heterocycles. The van der Waals surface area contributed by atoms with Crippen LogP contribution in [0.25, 0.3) is 0 Å². The van der Waals surface area contributed by atoms with Crippen LogP contribution in [0.15, 0.2) is 40.8 Å². The Morgan fingerprint density at radius 1 is 1.31 bits per heavy atom. The number of ether oxygens (including phenoxy) is 1. The van der Waals surface area contributed by atoms with E-state index in [0.29, 0.717) is 37.3 Å². The van der Waals surface area contributed by atoms with Crippen LogP contribution in [0, 0.1) is 11.3 Å². The lowest BCUT2D eigenvalue weighted by molar-refractivity contribution is -0.124. The molecule has 6 heteroatoms. The SMILES string of the molecule is CCCC(=O)C1=C(COCCN)N=C2CC(C)(C)CC(=O)C2C1c1cccnc1. The zero-order valence-corrected chi connectivity index (χ0v) is 17.6. The van der Waals surface area contributed by atoms with Crippen LogP contribution >= 0.6 is 0 Å². The minimum atomic E-state index is -0.402. The maximum atomic E-state index is 13.2. The van der Waals surface area contributed by atoms with Crippen LogP contribution in [0.3, 0.4) is 0 Å². The van der Waals surface area contributed by atoms with Crippen LogP contribution < -0.4 is 5.73 Å². The third-order valence-corrected chi connectivity index (χ3v) is 5.57. The number of aromatic nitrogens is 1. The number of hydrogen-bond acceptors (Lipinski definition) is 6. The summed E-state index contributed by atoms with van der Waals surface area (Å²) in [5.74, 6) is -0.567. The molecular weight excluding hydrogens is 366 g/mol. The molecule has 2 aliphatic rings. The second kappa shape index (κ2) is 9.09. The molecule has 6 nitrogen and oxygen atoms in total. The molecule has 0 radical (unpaired) electrons. The van der Waals surface area contributed by atoms with Gasteiger partial charge in [-0.25, -0.2) is 0 Å². The van der Waals surface area contributed by atoms with Crippen LogP contribution in [0.1, 0.15) is 57.9 Å². The number of fused-ring (bicyclic) bond motifs is 1. The van der Waals surface area contributed by atoms with E-state index in [9.17, 15) is 9.59 Å². The quantitative estimate of drug-likeness (QED) is 0.680. The van der Waals surface area contributed by atoms with E-state index in [1.165, 1.54) is 0 Å². The summed E-state index contributed by atoms with van der Waals surface area (Å²) in [6.07, 6.45) is 5.84. The van der Waals surface area contributed by atoms with Crippen molar-refractivity contribution < 1.29 is 14.3 Å². The number of nitrogens with zero attached hydrogens (tertiary/aromatic N) is 2. The van der Waals surface area contributed by atoms with Crippen molar-refractivity contribution >= 4 is 17.3 Å². The molecule has 1 aromatic heterocycles. The number of rotatable bonds is 8. The number of hydrogen-bond donors (Lipinski definition) is 1. The van der Waals surface area contributed by atoms with Crippen molar-refractivity contribution in [2.45, 2.75) is 52.4 Å². The smallest absolute Gasteiger partial charge is 0.161 e. The molecule has 1 aliphatic carbocycles. The van der Waals surface area contributed by atoms with Gasteiger partial charge in [0.15, 0.2) is 5.78 Å². The molecule has 1 saturated carbocycles. The van der Waals surface area contributed by atoms with Gasteiger partial charge in [0.25, 0.3) is 0 Å². The molecule has 1 aromatic rings. The molecule has 0 amide bonds. The maximum absolute atomic E-state index is 13.2. The van der Waals surface area contributed by atoms with Crippen molar-refractivity contribution in [3.05, 3.63) is 41.4 Å². The molecule has 156 valence electrons. The van der Waals surface area contributed by atoms with Gasteiger partial charge in [0.05, 0.1) is 24.8 Å². The number of ketones is 2. The highest BCUT2D eigenvalue weighted by Crippen LogP contribution is 2.47. The van der Waals surface area contributed by atoms with Crippen molar-refractivity contribution in [1.29, 1.82) is 0 Å². The lowest BCUT2D eigenvalue weighted by Gasteiger charge is -2.41. The number of pyridine rings is 1. The highest BCUT2D eigenvalue weighted by molar-refractivity contribution is 6.12. The average molecular weight is 398 g/mol. The second-order valence-corrected chi connectivity index (χ2v) is 8.70. The summed E-state index contributed by atoms with van der Waals surface area (Å²) in [4.78, 5) is 35.5. The third-order valence-electron chi connectivity index (χ3n) is 5.57. The Morgan fingerprint density at radius 3 is 2.76 bits per heavy atom. The first-order valence-electron chi connectivity index (χ1n) is 10.4. The molecule has 2 N–H and O–H groups in total. The molecular formula is C23H31N3O3. The number of nitrogens with two attached hydrogens (primary N) is 1. The summed E-state index contributed by atoms with van der Waals surface area (Å²) in [5.41, 5.74) is 8.42. The molecule has 0 aromatic carbocycles. The van der Waals surface area contributed by atoms with Crippen LogP contribution in [0.5, 0.6) is 0 Å². The van der Waals surface area contributed by atoms with E-state index in [1.54, 1.807) is 12.4 Å². The monoisotopic (exact) mass is 397 g/mol. The van der Waals surface area contributed by atoms with Gasteiger partial charge in [0.2, 0.25) is 0 Å². The molecule has 1 aliphatic heterocycles. The number of aliphatic imine (C=N–C) groups is 1. The van der Waals surface area contributed by atoms with Gasteiger partial charge >= 0.3 is 0 Å². The largest absolute Gasteiger partial charge is 0.374 e. The highest BCUT2D eigenvalue weighted by Gasteiger charge is 2.47. The minimum Gasteiger partial charge on any atom is -0.374 e. The van der Waals surface area contributed by atoms with E-state index in [4.69, 9.17) is 15.5 Å². The number of carbonyl (C=O) groups excluding carboxylic acids is 2. The van der Waals surface area contributed by atoms with Crippen molar-refractivity contribution in [1.82, 2.24) is 4.98 Å². The van der Waals surface area contributed by atoms with E-state index in [2.05, 4.69) is 18.8 Å². The van der Waals surface area contributed by atoms with Gasteiger partial charge in [0, 0.05) is 49.0 Å². The van der Waals surface area contributed by atoms with Crippen molar-refractivity contribution in [3.8, 4) is 0 Å². The van der Waals surface area contributed by atoms with E-state index in [1.807, 2.05) is 19.1 Å². The summed E-state index contributed by atoms with van der Waals surface area (Å²) < 4.78 is 5.68. The normalized spacial score (nSPS) is 23.6. The minimum absolute atomic E-state index is 0.0353. The standard InChI is InChI=1S/C23H31N3O3/c1-4-6-18(27)22-17(14-29-10-8-24)26-16-11-23(2,3)12-19(28)21(16)20(22)15-7-5-9-25-13-15/h5,7,9,13,20-21H,4,6,8,10-12,14,24H2,1-3H3. The molecule has 2 atom stereocenters. The molecule has 2 heterocycles. The Balaban J connectivity index is 2.15. The lowest BCUT2D eigenvalue weighted by Crippen LogP contribution is -2.44. The molecule has 3 rings (SSSR count). The van der Waals surface area contributed by atoms with Gasteiger partial charge in [-0.3, -0.25) is 19.6 Å².